The van der Waals surface area contributed by atoms with Crippen LogP contribution in [0, 0.1) is 27.7 Å². The Kier molecular flexibility index (Phi) is 5.76. The Morgan fingerprint density at radius 3 is 2.15 bits per heavy atom. The van der Waals surface area contributed by atoms with Crippen LogP contribution in [0.1, 0.15) is 53.1 Å². The van der Waals surface area contributed by atoms with Crippen LogP contribution in [0.15, 0.2) is 34.3 Å². The van der Waals surface area contributed by atoms with E-state index in [1.165, 1.54) is 6.21 Å². The summed E-state index contributed by atoms with van der Waals surface area (Å²) in [5.41, 5.74) is 4.49. The molecule has 0 saturated carbocycles. The van der Waals surface area contributed by atoms with Crippen LogP contribution >= 0.6 is 0 Å². The summed E-state index contributed by atoms with van der Waals surface area (Å²) in [7, 11) is -3.79. The van der Waals surface area contributed by atoms with Gasteiger partial charge in [0, 0.05) is 5.56 Å². The van der Waals surface area contributed by atoms with Gasteiger partial charge in [-0.2, -0.15) is 13.5 Å². The van der Waals surface area contributed by atoms with Gasteiger partial charge in [-0.05, 0) is 55.9 Å². The Morgan fingerprint density at radius 1 is 1.04 bits per heavy atom. The number of aromatic hydroxyl groups is 1. The molecule has 0 amide bonds. The molecule has 0 atom stereocenters. The third-order valence-electron chi connectivity index (χ3n) is 4.31. The van der Waals surface area contributed by atoms with Crippen molar-refractivity contribution in [3.8, 4) is 5.75 Å². The predicted octanol–water partition coefficient (Wildman–Crippen LogP) is 4.06. The standard InChI is InChI=1S/C20H26N2O3S/c1-12(2)17-8-7-14(4)19(23)18(17)11-21-22-26(24,25)20-15(5)9-13(3)10-16(20)6/h7-12,22-23H,1-6H3/b21-11+. The van der Waals surface area contributed by atoms with E-state index in [1.54, 1.807) is 20.8 Å². The van der Waals surface area contributed by atoms with E-state index in [4.69, 9.17) is 0 Å². The number of hydrazone groups is 1. The largest absolute Gasteiger partial charge is 0.507 e. The molecule has 0 saturated heterocycles. The van der Waals surface area contributed by atoms with E-state index >= 15 is 0 Å². The van der Waals surface area contributed by atoms with Crippen LogP contribution in [-0.4, -0.2) is 19.7 Å². The zero-order valence-corrected chi connectivity index (χ0v) is 16.9. The lowest BCUT2D eigenvalue weighted by molar-refractivity contribution is 0.469. The van der Waals surface area contributed by atoms with Crippen LogP contribution in [0.4, 0.5) is 0 Å². The minimum atomic E-state index is -3.79. The van der Waals surface area contributed by atoms with Crippen LogP contribution in [-0.2, 0) is 10.0 Å². The molecule has 0 aromatic heterocycles. The minimum Gasteiger partial charge on any atom is -0.507 e. The predicted molar refractivity (Wildman–Crippen MR) is 106 cm³/mol. The molecule has 0 heterocycles. The summed E-state index contributed by atoms with van der Waals surface area (Å²) in [6, 6.07) is 7.41. The van der Waals surface area contributed by atoms with Gasteiger partial charge in [0.15, 0.2) is 0 Å². The van der Waals surface area contributed by atoms with Crippen molar-refractivity contribution in [2.45, 2.75) is 52.4 Å². The molecule has 26 heavy (non-hydrogen) atoms. The van der Waals surface area contributed by atoms with Crippen LogP contribution < -0.4 is 4.83 Å². The van der Waals surface area contributed by atoms with Crippen molar-refractivity contribution in [1.82, 2.24) is 4.83 Å². The first-order valence-electron chi connectivity index (χ1n) is 8.49. The minimum absolute atomic E-state index is 0.113. The number of hydrogen-bond acceptors (Lipinski definition) is 4. The second-order valence-corrected chi connectivity index (χ2v) is 8.57. The van der Waals surface area contributed by atoms with Gasteiger partial charge in [0.05, 0.1) is 11.1 Å². The van der Waals surface area contributed by atoms with Crippen molar-refractivity contribution in [3.05, 3.63) is 57.6 Å². The van der Waals surface area contributed by atoms with Crippen LogP contribution in [0.5, 0.6) is 5.75 Å². The van der Waals surface area contributed by atoms with Gasteiger partial charge in [-0.25, -0.2) is 4.83 Å². The molecule has 2 aromatic carbocycles. The maximum atomic E-state index is 12.7. The molecular weight excluding hydrogens is 348 g/mol. The van der Waals surface area contributed by atoms with E-state index in [9.17, 15) is 13.5 Å². The number of hydrogen-bond donors (Lipinski definition) is 2. The highest BCUT2D eigenvalue weighted by atomic mass is 32.2. The highest BCUT2D eigenvalue weighted by Gasteiger charge is 2.19. The van der Waals surface area contributed by atoms with Gasteiger partial charge in [0.2, 0.25) is 0 Å². The second-order valence-electron chi connectivity index (χ2n) is 6.97. The molecule has 0 bridgehead atoms. The van der Waals surface area contributed by atoms with Gasteiger partial charge in [0.25, 0.3) is 10.0 Å². The van der Waals surface area contributed by atoms with E-state index in [0.29, 0.717) is 22.3 Å². The molecule has 140 valence electrons. The molecule has 0 aliphatic heterocycles. The Balaban J connectivity index is 2.39. The Hall–Kier alpha value is -2.34. The number of aryl methyl sites for hydroxylation is 4. The number of nitrogens with one attached hydrogen (secondary N) is 1. The summed E-state index contributed by atoms with van der Waals surface area (Å²) >= 11 is 0. The first-order valence-corrected chi connectivity index (χ1v) is 9.98. The fourth-order valence-electron chi connectivity index (χ4n) is 3.17. The third kappa shape index (κ3) is 4.07. The molecule has 5 nitrogen and oxygen atoms in total. The Bertz CT molecular complexity index is 938. The van der Waals surface area contributed by atoms with Gasteiger partial charge in [-0.15, -0.1) is 0 Å². The fraction of sp³-hybridized carbons (Fsp3) is 0.350. The van der Waals surface area contributed by atoms with Gasteiger partial charge in [-0.1, -0.05) is 43.7 Å². The lowest BCUT2D eigenvalue weighted by atomic mass is 9.95. The van der Waals surface area contributed by atoms with Gasteiger partial charge in [-0.3, -0.25) is 0 Å². The molecule has 0 spiro atoms. The number of rotatable bonds is 5. The summed E-state index contributed by atoms with van der Waals surface area (Å²) < 4.78 is 25.3. The zero-order valence-electron chi connectivity index (χ0n) is 16.1. The SMILES string of the molecule is Cc1cc(C)c(S(=O)(=O)N/N=C/c2c(C(C)C)ccc(C)c2O)c(C)c1. The summed E-state index contributed by atoms with van der Waals surface area (Å²) in [5.74, 6) is 0.281. The summed E-state index contributed by atoms with van der Waals surface area (Å²) in [5, 5.41) is 14.2. The summed E-state index contributed by atoms with van der Waals surface area (Å²) in [6.07, 6.45) is 1.37. The van der Waals surface area contributed by atoms with E-state index in [-0.39, 0.29) is 16.6 Å². The molecule has 0 fully saturated rings. The number of sulfonamides is 1. The zero-order chi connectivity index (χ0) is 19.6. The highest BCUT2D eigenvalue weighted by Crippen LogP contribution is 2.29. The molecule has 2 rings (SSSR count). The van der Waals surface area contributed by atoms with Gasteiger partial charge >= 0.3 is 0 Å². The fourth-order valence-corrected chi connectivity index (χ4v) is 4.42. The highest BCUT2D eigenvalue weighted by molar-refractivity contribution is 7.89. The van der Waals surface area contributed by atoms with Crippen molar-refractivity contribution in [2.75, 3.05) is 0 Å². The van der Waals surface area contributed by atoms with Gasteiger partial charge < -0.3 is 5.11 Å². The Morgan fingerprint density at radius 2 is 1.62 bits per heavy atom. The van der Waals surface area contributed by atoms with Gasteiger partial charge in [0.1, 0.15) is 5.75 Å². The van der Waals surface area contributed by atoms with Crippen molar-refractivity contribution < 1.29 is 13.5 Å². The first kappa shape index (κ1) is 20.0. The molecule has 6 heteroatoms. The van der Waals surface area contributed by atoms with Crippen LogP contribution in [0.2, 0.25) is 0 Å². The summed E-state index contributed by atoms with van der Waals surface area (Å²) in [4.78, 5) is 2.50. The quantitative estimate of drug-likeness (QED) is 0.612. The number of phenolic OH excluding ortho intramolecular Hbond substituents is 1. The number of phenols is 1. The average molecular weight is 375 g/mol. The lowest BCUT2D eigenvalue weighted by Crippen LogP contribution is -2.20. The van der Waals surface area contributed by atoms with Crippen molar-refractivity contribution >= 4 is 16.2 Å². The van der Waals surface area contributed by atoms with Crippen LogP contribution in [0.3, 0.4) is 0 Å². The molecule has 0 radical (unpaired) electrons. The molecule has 0 aliphatic carbocycles. The molecule has 2 aromatic rings. The van der Waals surface area contributed by atoms with E-state index < -0.39 is 10.0 Å². The van der Waals surface area contributed by atoms with Crippen LogP contribution in [0.25, 0.3) is 0 Å². The number of nitrogens with zero attached hydrogens (tertiary/aromatic N) is 1. The maximum Gasteiger partial charge on any atom is 0.277 e. The normalized spacial score (nSPS) is 12.1. The summed E-state index contributed by atoms with van der Waals surface area (Å²) in [6.45, 7) is 11.3. The molecular formula is C20H26N2O3S. The monoisotopic (exact) mass is 374 g/mol. The lowest BCUT2D eigenvalue weighted by Gasteiger charge is -2.14. The van der Waals surface area contributed by atoms with Crippen molar-refractivity contribution in [2.24, 2.45) is 5.10 Å². The second kappa shape index (κ2) is 7.50. The molecule has 2 N–H and O–H groups in total. The third-order valence-corrected chi connectivity index (χ3v) is 5.84. The molecule has 0 unspecified atom stereocenters. The van der Waals surface area contributed by atoms with E-state index in [2.05, 4.69) is 9.93 Å². The number of benzene rings is 2. The average Bonchev–Trinajstić information content (AvgIpc) is 2.49. The smallest absolute Gasteiger partial charge is 0.277 e. The van der Waals surface area contributed by atoms with E-state index in [1.807, 2.05) is 45.0 Å². The topological polar surface area (TPSA) is 78.8 Å². The van der Waals surface area contributed by atoms with E-state index in [0.717, 1.165) is 11.1 Å². The maximum absolute atomic E-state index is 12.7. The van der Waals surface area contributed by atoms with Crippen molar-refractivity contribution in [1.29, 1.82) is 0 Å². The molecule has 0 aliphatic rings. The van der Waals surface area contributed by atoms with Crippen molar-refractivity contribution in [3.63, 3.8) is 0 Å². The Labute approximate surface area is 155 Å². The first-order chi connectivity index (χ1) is 12.0.